The molecule has 9 nitrogen and oxygen atoms in total. The SMILES string of the molecule is CCCCCCN=C(N)NCCNS(=O)(=O)c1cccc([N+](=O)[O-])c1. The number of non-ortho nitro benzene ring substituents is 1. The van der Waals surface area contributed by atoms with Gasteiger partial charge >= 0.3 is 0 Å². The van der Waals surface area contributed by atoms with Crippen molar-refractivity contribution in [3.63, 3.8) is 0 Å². The van der Waals surface area contributed by atoms with Gasteiger partial charge in [-0.2, -0.15) is 0 Å². The highest BCUT2D eigenvalue weighted by Crippen LogP contribution is 2.16. The second-order valence-electron chi connectivity index (χ2n) is 5.41. The molecule has 0 bridgehead atoms. The molecule has 0 amide bonds. The third-order valence-electron chi connectivity index (χ3n) is 3.36. The van der Waals surface area contributed by atoms with Gasteiger partial charge < -0.3 is 11.1 Å². The van der Waals surface area contributed by atoms with E-state index in [4.69, 9.17) is 5.73 Å². The van der Waals surface area contributed by atoms with Crippen LogP contribution in [-0.4, -0.2) is 38.9 Å². The van der Waals surface area contributed by atoms with E-state index in [2.05, 4.69) is 22.0 Å². The lowest BCUT2D eigenvalue weighted by molar-refractivity contribution is -0.385. The van der Waals surface area contributed by atoms with Crippen LogP contribution in [0.2, 0.25) is 0 Å². The minimum absolute atomic E-state index is 0.0804. The van der Waals surface area contributed by atoms with Crippen molar-refractivity contribution in [2.75, 3.05) is 19.6 Å². The zero-order chi connectivity index (χ0) is 18.7. The Morgan fingerprint density at radius 3 is 2.72 bits per heavy atom. The number of nitro groups is 1. The van der Waals surface area contributed by atoms with Gasteiger partial charge in [0.25, 0.3) is 5.69 Å². The molecule has 0 fully saturated rings. The molecule has 0 radical (unpaired) electrons. The smallest absolute Gasteiger partial charge is 0.270 e. The van der Waals surface area contributed by atoms with Crippen molar-refractivity contribution in [1.29, 1.82) is 0 Å². The van der Waals surface area contributed by atoms with Gasteiger partial charge in [-0.25, -0.2) is 13.1 Å². The van der Waals surface area contributed by atoms with Crippen LogP contribution in [0.3, 0.4) is 0 Å². The van der Waals surface area contributed by atoms with Crippen molar-refractivity contribution in [3.8, 4) is 0 Å². The summed E-state index contributed by atoms with van der Waals surface area (Å²) >= 11 is 0. The Balaban J connectivity index is 2.41. The average Bonchev–Trinajstić information content (AvgIpc) is 2.58. The molecule has 0 saturated heterocycles. The van der Waals surface area contributed by atoms with Crippen molar-refractivity contribution in [2.24, 2.45) is 10.7 Å². The van der Waals surface area contributed by atoms with Gasteiger partial charge in [-0.15, -0.1) is 0 Å². The summed E-state index contributed by atoms with van der Waals surface area (Å²) < 4.78 is 26.6. The minimum Gasteiger partial charge on any atom is -0.370 e. The number of aliphatic imine (C=N–C) groups is 1. The van der Waals surface area contributed by atoms with Crippen LogP contribution in [0.5, 0.6) is 0 Å². The number of benzene rings is 1. The Bertz CT molecular complexity index is 691. The molecule has 140 valence electrons. The molecular formula is C15H25N5O4S. The fourth-order valence-corrected chi connectivity index (χ4v) is 3.09. The van der Waals surface area contributed by atoms with Crippen molar-refractivity contribution >= 4 is 21.7 Å². The third kappa shape index (κ3) is 7.94. The highest BCUT2D eigenvalue weighted by molar-refractivity contribution is 7.89. The lowest BCUT2D eigenvalue weighted by atomic mass is 10.2. The molecule has 1 rings (SSSR count). The summed E-state index contributed by atoms with van der Waals surface area (Å²) in [6.07, 6.45) is 4.40. The number of rotatable bonds is 11. The van der Waals surface area contributed by atoms with Gasteiger partial charge in [0.1, 0.15) is 0 Å². The predicted octanol–water partition coefficient (Wildman–Crippen LogP) is 1.36. The quantitative estimate of drug-likeness (QED) is 0.176. The standard InChI is InChI=1S/C15H25N5O4S/c1-2-3-4-5-9-17-15(16)18-10-11-19-25(23,24)14-8-6-7-13(12-14)20(21)22/h6-8,12,19H,2-5,9-11H2,1H3,(H3,16,17,18). The molecule has 0 aromatic heterocycles. The summed E-state index contributed by atoms with van der Waals surface area (Å²) in [5.74, 6) is 0.269. The van der Waals surface area contributed by atoms with E-state index in [-0.39, 0.29) is 29.6 Å². The number of sulfonamides is 1. The Hall–Kier alpha value is -2.20. The normalized spacial score (nSPS) is 12.1. The monoisotopic (exact) mass is 371 g/mol. The average molecular weight is 371 g/mol. The highest BCUT2D eigenvalue weighted by Gasteiger charge is 2.16. The Kier molecular flexibility index (Phi) is 8.86. The molecule has 0 saturated carbocycles. The minimum atomic E-state index is -3.82. The summed E-state index contributed by atoms with van der Waals surface area (Å²) in [4.78, 5) is 14.1. The molecule has 0 spiro atoms. The molecule has 0 aliphatic heterocycles. The Morgan fingerprint density at radius 2 is 2.04 bits per heavy atom. The second-order valence-corrected chi connectivity index (χ2v) is 7.17. The van der Waals surface area contributed by atoms with Crippen molar-refractivity contribution in [2.45, 2.75) is 37.5 Å². The number of unbranched alkanes of at least 4 members (excludes halogenated alkanes) is 3. The largest absolute Gasteiger partial charge is 0.370 e. The van der Waals surface area contributed by atoms with Gasteiger partial charge in [0, 0.05) is 31.8 Å². The predicted molar refractivity (Wildman–Crippen MR) is 96.9 cm³/mol. The van der Waals surface area contributed by atoms with E-state index in [1.807, 2.05) is 0 Å². The van der Waals surface area contributed by atoms with E-state index in [0.29, 0.717) is 6.54 Å². The summed E-state index contributed by atoms with van der Waals surface area (Å²) in [5, 5.41) is 13.5. The van der Waals surface area contributed by atoms with Gasteiger partial charge in [0.15, 0.2) is 5.96 Å². The molecule has 10 heteroatoms. The maximum Gasteiger partial charge on any atom is 0.270 e. The molecule has 0 aliphatic carbocycles. The summed E-state index contributed by atoms with van der Waals surface area (Å²) in [5.41, 5.74) is 5.41. The summed E-state index contributed by atoms with van der Waals surface area (Å²) in [6, 6.07) is 4.88. The van der Waals surface area contributed by atoms with Crippen LogP contribution in [0.4, 0.5) is 5.69 Å². The van der Waals surface area contributed by atoms with Gasteiger partial charge in [-0.1, -0.05) is 32.3 Å². The Labute approximate surface area is 147 Å². The van der Waals surface area contributed by atoms with Crippen molar-refractivity contribution < 1.29 is 13.3 Å². The van der Waals surface area contributed by atoms with Crippen molar-refractivity contribution in [1.82, 2.24) is 10.0 Å². The van der Waals surface area contributed by atoms with Gasteiger partial charge in [0.05, 0.1) is 9.82 Å². The maximum absolute atomic E-state index is 12.1. The zero-order valence-electron chi connectivity index (χ0n) is 14.3. The van der Waals surface area contributed by atoms with Crippen LogP contribution in [0.15, 0.2) is 34.2 Å². The van der Waals surface area contributed by atoms with Crippen LogP contribution in [0.25, 0.3) is 0 Å². The van der Waals surface area contributed by atoms with Crippen LogP contribution >= 0.6 is 0 Å². The van der Waals surface area contributed by atoms with Crippen LogP contribution in [0.1, 0.15) is 32.6 Å². The van der Waals surface area contributed by atoms with Crippen molar-refractivity contribution in [3.05, 3.63) is 34.4 Å². The first kappa shape index (κ1) is 20.8. The molecule has 25 heavy (non-hydrogen) atoms. The summed E-state index contributed by atoms with van der Waals surface area (Å²) in [7, 11) is -3.82. The number of nitro benzene ring substituents is 1. The molecule has 0 atom stereocenters. The highest BCUT2D eigenvalue weighted by atomic mass is 32.2. The van der Waals surface area contributed by atoms with E-state index in [1.54, 1.807) is 0 Å². The first-order valence-electron chi connectivity index (χ1n) is 8.14. The molecular weight excluding hydrogens is 346 g/mol. The Morgan fingerprint density at radius 1 is 1.28 bits per heavy atom. The topological polar surface area (TPSA) is 140 Å². The van der Waals surface area contributed by atoms with Crippen LogP contribution < -0.4 is 15.8 Å². The van der Waals surface area contributed by atoms with Crippen LogP contribution in [0, 0.1) is 10.1 Å². The van der Waals surface area contributed by atoms with Crippen LogP contribution in [-0.2, 0) is 10.0 Å². The van der Waals surface area contributed by atoms with Gasteiger partial charge in [-0.3, -0.25) is 15.1 Å². The summed E-state index contributed by atoms with van der Waals surface area (Å²) in [6.45, 7) is 3.11. The molecule has 4 N–H and O–H groups in total. The third-order valence-corrected chi connectivity index (χ3v) is 4.81. The maximum atomic E-state index is 12.1. The molecule has 0 heterocycles. The lowest BCUT2D eigenvalue weighted by Gasteiger charge is -2.08. The number of hydrogen-bond donors (Lipinski definition) is 3. The number of guanidine groups is 1. The first-order chi connectivity index (χ1) is 11.9. The van der Waals surface area contributed by atoms with E-state index in [9.17, 15) is 18.5 Å². The fourth-order valence-electron chi connectivity index (χ4n) is 2.02. The van der Waals surface area contributed by atoms with E-state index in [0.717, 1.165) is 25.3 Å². The number of hydrogen-bond acceptors (Lipinski definition) is 5. The number of nitrogens with one attached hydrogen (secondary N) is 2. The second kappa shape index (κ2) is 10.6. The van der Waals surface area contributed by atoms with Gasteiger partial charge in [0.2, 0.25) is 10.0 Å². The number of nitrogens with zero attached hydrogens (tertiary/aromatic N) is 2. The zero-order valence-corrected chi connectivity index (χ0v) is 15.1. The first-order valence-corrected chi connectivity index (χ1v) is 9.63. The van der Waals surface area contributed by atoms with E-state index < -0.39 is 14.9 Å². The molecule has 0 unspecified atom stereocenters. The molecule has 0 aliphatic rings. The van der Waals surface area contributed by atoms with E-state index >= 15 is 0 Å². The van der Waals surface area contributed by atoms with Gasteiger partial charge in [-0.05, 0) is 12.5 Å². The molecule has 1 aromatic rings. The molecule has 1 aromatic carbocycles. The fraction of sp³-hybridized carbons (Fsp3) is 0.533. The lowest BCUT2D eigenvalue weighted by Crippen LogP contribution is -2.38. The number of nitrogens with two attached hydrogens (primary N) is 1. The van der Waals surface area contributed by atoms with E-state index in [1.165, 1.54) is 24.6 Å².